The second kappa shape index (κ2) is 49.4. The standard InChI is InChI=1S/C55H106O6/c1-5-7-9-11-13-15-17-19-21-23-25-27-29-34-38-42-46-53(56)59-49-52(50-60-54(57)47-43-39-35-32-31-33-37-41-45-51(3)4)61-55(58)48-44-40-36-30-28-26-24-22-20-18-16-14-12-10-8-6-2/h51-52H,5-50H2,1-4H3/t52-/m0/s1. The number of esters is 3. The zero-order valence-corrected chi connectivity index (χ0v) is 41.6. The molecule has 0 bridgehead atoms. The molecule has 0 N–H and O–H groups in total. The molecule has 0 spiro atoms. The molecule has 0 aliphatic heterocycles. The zero-order chi connectivity index (χ0) is 44.5. The Labute approximate surface area is 380 Å². The molecular weight excluding hydrogens is 757 g/mol. The van der Waals surface area contributed by atoms with Crippen molar-refractivity contribution in [1.29, 1.82) is 0 Å². The third-order valence-corrected chi connectivity index (χ3v) is 12.5. The molecule has 0 radical (unpaired) electrons. The quantitative estimate of drug-likeness (QED) is 0.0344. The minimum atomic E-state index is -0.761. The molecule has 1 atom stereocenters. The maximum Gasteiger partial charge on any atom is 0.306 e. The van der Waals surface area contributed by atoms with Gasteiger partial charge in [0.25, 0.3) is 0 Å². The summed E-state index contributed by atoms with van der Waals surface area (Å²) >= 11 is 0. The molecule has 0 saturated carbocycles. The first-order valence-electron chi connectivity index (χ1n) is 27.4. The lowest BCUT2D eigenvalue weighted by atomic mass is 10.0. The monoisotopic (exact) mass is 863 g/mol. The van der Waals surface area contributed by atoms with Crippen LogP contribution >= 0.6 is 0 Å². The van der Waals surface area contributed by atoms with Crippen molar-refractivity contribution < 1.29 is 28.6 Å². The van der Waals surface area contributed by atoms with Gasteiger partial charge in [0.05, 0.1) is 0 Å². The Bertz CT molecular complexity index is 918. The van der Waals surface area contributed by atoms with E-state index in [9.17, 15) is 14.4 Å². The number of ether oxygens (including phenoxy) is 3. The summed E-state index contributed by atoms with van der Waals surface area (Å²) < 4.78 is 16.8. The van der Waals surface area contributed by atoms with Crippen LogP contribution in [0.3, 0.4) is 0 Å². The van der Waals surface area contributed by atoms with Crippen molar-refractivity contribution in [1.82, 2.24) is 0 Å². The van der Waals surface area contributed by atoms with Crippen LogP contribution in [0.2, 0.25) is 0 Å². The molecule has 0 fully saturated rings. The molecule has 362 valence electrons. The topological polar surface area (TPSA) is 78.9 Å². The van der Waals surface area contributed by atoms with Crippen LogP contribution in [0.1, 0.15) is 310 Å². The first kappa shape index (κ1) is 59.4. The summed E-state index contributed by atoms with van der Waals surface area (Å²) in [5.74, 6) is -0.0453. The van der Waals surface area contributed by atoms with Crippen LogP contribution in [-0.2, 0) is 28.6 Å². The van der Waals surface area contributed by atoms with Gasteiger partial charge in [-0.1, -0.05) is 272 Å². The van der Waals surface area contributed by atoms with Gasteiger partial charge in [-0.25, -0.2) is 0 Å². The maximum absolute atomic E-state index is 12.8. The van der Waals surface area contributed by atoms with Crippen molar-refractivity contribution in [3.05, 3.63) is 0 Å². The first-order valence-corrected chi connectivity index (χ1v) is 27.4. The summed E-state index contributed by atoms with van der Waals surface area (Å²) in [6.45, 7) is 9.01. The Balaban J connectivity index is 4.28. The van der Waals surface area contributed by atoms with E-state index in [1.54, 1.807) is 0 Å². The van der Waals surface area contributed by atoms with Crippen LogP contribution in [0.4, 0.5) is 0 Å². The molecule has 6 heteroatoms. The van der Waals surface area contributed by atoms with E-state index in [4.69, 9.17) is 14.2 Å². The van der Waals surface area contributed by atoms with E-state index >= 15 is 0 Å². The SMILES string of the molecule is CCCCCCCCCCCCCCCCCCC(=O)OC[C@@H](COC(=O)CCCCCCCCCCC(C)C)OC(=O)CCCCCCCCCCCCCCCCCC. The van der Waals surface area contributed by atoms with Crippen molar-refractivity contribution >= 4 is 17.9 Å². The molecule has 0 aromatic carbocycles. The van der Waals surface area contributed by atoms with Crippen LogP contribution in [-0.4, -0.2) is 37.2 Å². The largest absolute Gasteiger partial charge is 0.462 e. The lowest BCUT2D eigenvalue weighted by Gasteiger charge is -2.18. The second-order valence-electron chi connectivity index (χ2n) is 19.3. The lowest BCUT2D eigenvalue weighted by Crippen LogP contribution is -2.30. The van der Waals surface area contributed by atoms with Crippen molar-refractivity contribution in [2.24, 2.45) is 5.92 Å². The fourth-order valence-corrected chi connectivity index (χ4v) is 8.39. The van der Waals surface area contributed by atoms with Gasteiger partial charge in [0.15, 0.2) is 6.10 Å². The second-order valence-corrected chi connectivity index (χ2v) is 19.3. The molecule has 0 aliphatic rings. The van der Waals surface area contributed by atoms with Crippen molar-refractivity contribution in [2.45, 2.75) is 316 Å². The summed E-state index contributed by atoms with van der Waals surface area (Å²) in [5.41, 5.74) is 0. The number of hydrogen-bond acceptors (Lipinski definition) is 6. The molecule has 61 heavy (non-hydrogen) atoms. The number of rotatable bonds is 50. The average molecular weight is 863 g/mol. The third kappa shape index (κ3) is 49.3. The summed E-state index contributed by atoms with van der Waals surface area (Å²) in [7, 11) is 0. The Morgan fingerprint density at radius 1 is 0.311 bits per heavy atom. The predicted octanol–water partition coefficient (Wildman–Crippen LogP) is 17.8. The molecule has 6 nitrogen and oxygen atoms in total. The summed E-state index contributed by atoms with van der Waals surface area (Å²) in [6.07, 6.45) is 52.4. The van der Waals surface area contributed by atoms with E-state index in [-0.39, 0.29) is 31.1 Å². The van der Waals surface area contributed by atoms with Gasteiger partial charge < -0.3 is 14.2 Å². The molecule has 0 amide bonds. The number of carbonyl (C=O) groups is 3. The van der Waals surface area contributed by atoms with Gasteiger partial charge in [0.1, 0.15) is 13.2 Å². The Morgan fingerprint density at radius 2 is 0.541 bits per heavy atom. The molecular formula is C55H106O6. The van der Waals surface area contributed by atoms with E-state index in [0.717, 1.165) is 63.7 Å². The van der Waals surface area contributed by atoms with Crippen LogP contribution in [0.25, 0.3) is 0 Å². The molecule has 0 aromatic heterocycles. The minimum Gasteiger partial charge on any atom is -0.462 e. The fraction of sp³-hybridized carbons (Fsp3) is 0.945. The van der Waals surface area contributed by atoms with E-state index < -0.39 is 6.10 Å². The number of unbranched alkanes of at least 4 members (excludes halogenated alkanes) is 37. The van der Waals surface area contributed by atoms with Gasteiger partial charge >= 0.3 is 17.9 Å². The third-order valence-electron chi connectivity index (χ3n) is 12.5. The van der Waals surface area contributed by atoms with Crippen LogP contribution in [0.5, 0.6) is 0 Å². The van der Waals surface area contributed by atoms with Crippen LogP contribution in [0.15, 0.2) is 0 Å². The van der Waals surface area contributed by atoms with Gasteiger partial charge in [-0.05, 0) is 25.2 Å². The lowest BCUT2D eigenvalue weighted by molar-refractivity contribution is -0.167. The van der Waals surface area contributed by atoms with Crippen LogP contribution < -0.4 is 0 Å². The molecule has 0 heterocycles. The van der Waals surface area contributed by atoms with Crippen molar-refractivity contribution in [3.8, 4) is 0 Å². The Hall–Kier alpha value is -1.59. The normalized spacial score (nSPS) is 12.0. The van der Waals surface area contributed by atoms with Gasteiger partial charge in [-0.15, -0.1) is 0 Å². The Kier molecular flexibility index (Phi) is 48.1. The summed E-state index contributed by atoms with van der Waals surface area (Å²) in [4.78, 5) is 38.0. The highest BCUT2D eigenvalue weighted by molar-refractivity contribution is 5.71. The van der Waals surface area contributed by atoms with Gasteiger partial charge in [0, 0.05) is 19.3 Å². The van der Waals surface area contributed by atoms with E-state index in [1.165, 1.54) is 205 Å². The summed E-state index contributed by atoms with van der Waals surface area (Å²) in [6, 6.07) is 0. The van der Waals surface area contributed by atoms with Gasteiger partial charge in [-0.2, -0.15) is 0 Å². The minimum absolute atomic E-state index is 0.0627. The molecule has 0 aliphatic carbocycles. The fourth-order valence-electron chi connectivity index (χ4n) is 8.39. The van der Waals surface area contributed by atoms with E-state index in [0.29, 0.717) is 19.3 Å². The highest BCUT2D eigenvalue weighted by atomic mass is 16.6. The first-order chi connectivity index (χ1) is 29.9. The smallest absolute Gasteiger partial charge is 0.306 e. The van der Waals surface area contributed by atoms with Crippen LogP contribution in [0, 0.1) is 5.92 Å². The van der Waals surface area contributed by atoms with E-state index in [1.807, 2.05) is 0 Å². The Morgan fingerprint density at radius 3 is 0.803 bits per heavy atom. The molecule has 0 aromatic rings. The highest BCUT2D eigenvalue weighted by Crippen LogP contribution is 2.17. The maximum atomic E-state index is 12.8. The number of carbonyl (C=O) groups excluding carboxylic acids is 3. The van der Waals surface area contributed by atoms with E-state index in [2.05, 4.69) is 27.7 Å². The van der Waals surface area contributed by atoms with Gasteiger partial charge in [-0.3, -0.25) is 14.4 Å². The predicted molar refractivity (Wildman–Crippen MR) is 261 cm³/mol. The molecule has 0 unspecified atom stereocenters. The van der Waals surface area contributed by atoms with Crippen molar-refractivity contribution in [3.63, 3.8) is 0 Å². The highest BCUT2D eigenvalue weighted by Gasteiger charge is 2.19. The van der Waals surface area contributed by atoms with Crippen molar-refractivity contribution in [2.75, 3.05) is 13.2 Å². The molecule has 0 saturated heterocycles. The summed E-state index contributed by atoms with van der Waals surface area (Å²) in [5, 5.41) is 0. The van der Waals surface area contributed by atoms with Gasteiger partial charge in [0.2, 0.25) is 0 Å². The number of hydrogen-bond donors (Lipinski definition) is 0. The average Bonchev–Trinajstić information content (AvgIpc) is 3.24. The molecule has 0 rings (SSSR count). The zero-order valence-electron chi connectivity index (χ0n) is 41.6.